The molecule has 1 aromatic rings. The number of non-ortho nitro benzene ring substituents is 1. The van der Waals surface area contributed by atoms with Crippen LogP contribution in [0, 0.1) is 10.1 Å². The molecule has 0 fully saturated rings. The number of nitro groups is 1. The Balaban J connectivity index is 2.76. The van der Waals surface area contributed by atoms with Gasteiger partial charge in [-0.15, -0.1) is 0 Å². The zero-order valence-electron chi connectivity index (χ0n) is 8.40. The van der Waals surface area contributed by atoms with Crippen molar-refractivity contribution < 1.29 is 18.9 Å². The molecule has 0 bridgehead atoms. The van der Waals surface area contributed by atoms with Crippen LogP contribution in [0.1, 0.15) is 6.92 Å². The zero-order chi connectivity index (χ0) is 12.2. The molecule has 1 aromatic carbocycles. The van der Waals surface area contributed by atoms with Crippen LogP contribution in [0.3, 0.4) is 0 Å². The highest BCUT2D eigenvalue weighted by Crippen LogP contribution is 2.44. The zero-order valence-corrected chi connectivity index (χ0v) is 10.1. The number of rotatable bonds is 5. The van der Waals surface area contributed by atoms with E-state index < -0.39 is 11.6 Å². The van der Waals surface area contributed by atoms with Gasteiger partial charge in [0.05, 0.1) is 11.5 Å². The van der Waals surface area contributed by atoms with Crippen LogP contribution in [0.25, 0.3) is 0 Å². The van der Waals surface area contributed by atoms with Gasteiger partial charge in [-0.3, -0.25) is 14.6 Å². The van der Waals surface area contributed by atoms with Gasteiger partial charge in [0.1, 0.15) is 5.75 Å². The maximum atomic E-state index is 10.4. The molecule has 8 heteroatoms. The summed E-state index contributed by atoms with van der Waals surface area (Å²) < 4.78 is 9.85. The molecular formula is C8H10NO5PS. The van der Waals surface area contributed by atoms with Crippen LogP contribution in [0.2, 0.25) is 0 Å². The van der Waals surface area contributed by atoms with E-state index in [1.54, 1.807) is 6.92 Å². The Labute approximate surface area is 97.2 Å². The Morgan fingerprint density at radius 2 is 2.06 bits per heavy atom. The summed E-state index contributed by atoms with van der Waals surface area (Å²) in [6.07, 6.45) is 0. The van der Waals surface area contributed by atoms with Gasteiger partial charge < -0.3 is 9.42 Å². The van der Waals surface area contributed by atoms with E-state index in [0.29, 0.717) is 0 Å². The molecule has 16 heavy (non-hydrogen) atoms. The second-order valence-electron chi connectivity index (χ2n) is 2.73. The van der Waals surface area contributed by atoms with E-state index in [-0.39, 0.29) is 18.0 Å². The maximum Gasteiger partial charge on any atom is 0.377 e. The Morgan fingerprint density at radius 1 is 1.50 bits per heavy atom. The van der Waals surface area contributed by atoms with Crippen LogP contribution in [0.15, 0.2) is 24.3 Å². The molecule has 1 rings (SSSR count). The van der Waals surface area contributed by atoms with Crippen molar-refractivity contribution >= 4 is 24.2 Å². The van der Waals surface area contributed by atoms with Crippen molar-refractivity contribution in [3.05, 3.63) is 34.4 Å². The van der Waals surface area contributed by atoms with Crippen molar-refractivity contribution in [3.63, 3.8) is 0 Å². The highest BCUT2D eigenvalue weighted by Gasteiger charge is 2.16. The second-order valence-corrected chi connectivity index (χ2v) is 5.49. The van der Waals surface area contributed by atoms with Crippen molar-refractivity contribution in [1.82, 2.24) is 0 Å². The van der Waals surface area contributed by atoms with E-state index in [4.69, 9.17) is 20.9 Å². The topological polar surface area (TPSA) is 81.8 Å². The Hall–Kier alpha value is -1.01. The van der Waals surface area contributed by atoms with Crippen LogP contribution in [-0.2, 0) is 16.3 Å². The standard InChI is InChI=1S/C8H10NO5PS/c1-2-13-15(12,16)14-8-5-3-7(4-6-8)9(10)11/h3-6H,2H2,1H3,(H,12,16). The molecule has 0 aliphatic heterocycles. The van der Waals surface area contributed by atoms with E-state index in [1.165, 1.54) is 24.3 Å². The number of benzene rings is 1. The van der Waals surface area contributed by atoms with Crippen molar-refractivity contribution in [2.24, 2.45) is 0 Å². The van der Waals surface area contributed by atoms with Crippen molar-refractivity contribution in [2.45, 2.75) is 6.92 Å². The summed E-state index contributed by atoms with van der Waals surface area (Å²) in [5.41, 5.74) is -0.0602. The molecule has 0 radical (unpaired) electrons. The van der Waals surface area contributed by atoms with Gasteiger partial charge in [0, 0.05) is 23.9 Å². The highest BCUT2D eigenvalue weighted by atomic mass is 32.5. The van der Waals surface area contributed by atoms with Gasteiger partial charge in [-0.05, 0) is 19.1 Å². The fraction of sp³-hybridized carbons (Fsp3) is 0.250. The van der Waals surface area contributed by atoms with Gasteiger partial charge in [0.2, 0.25) is 0 Å². The molecule has 0 aliphatic rings. The number of hydrogen-bond donors (Lipinski definition) is 1. The van der Waals surface area contributed by atoms with Gasteiger partial charge >= 0.3 is 6.72 Å². The molecule has 0 heterocycles. The Bertz CT molecular complexity index is 421. The first-order valence-corrected chi connectivity index (χ1v) is 6.95. The summed E-state index contributed by atoms with van der Waals surface area (Å²) in [7, 11) is 0. The van der Waals surface area contributed by atoms with Crippen LogP contribution in [0.5, 0.6) is 5.75 Å². The van der Waals surface area contributed by atoms with E-state index in [0.717, 1.165) is 0 Å². The van der Waals surface area contributed by atoms with E-state index in [1.807, 2.05) is 0 Å². The Morgan fingerprint density at radius 3 is 2.50 bits per heavy atom. The molecular weight excluding hydrogens is 253 g/mol. The van der Waals surface area contributed by atoms with Gasteiger partial charge in [0.25, 0.3) is 5.69 Å². The summed E-state index contributed by atoms with van der Waals surface area (Å²) >= 11 is 4.70. The molecule has 0 aromatic heterocycles. The first kappa shape index (κ1) is 13.1. The predicted octanol–water partition coefficient (Wildman–Crippen LogP) is 2.23. The summed E-state index contributed by atoms with van der Waals surface area (Å²) in [4.78, 5) is 19.3. The summed E-state index contributed by atoms with van der Waals surface area (Å²) in [5, 5.41) is 10.4. The fourth-order valence-corrected chi connectivity index (χ4v) is 2.29. The molecule has 1 N–H and O–H groups in total. The number of nitrogens with zero attached hydrogens (tertiary/aromatic N) is 1. The summed E-state index contributed by atoms with van der Waals surface area (Å²) in [6, 6.07) is 5.23. The first-order valence-electron chi connectivity index (χ1n) is 4.36. The fourth-order valence-electron chi connectivity index (χ4n) is 0.951. The normalized spacial score (nSPS) is 14.1. The van der Waals surface area contributed by atoms with Crippen LogP contribution < -0.4 is 4.52 Å². The van der Waals surface area contributed by atoms with Gasteiger partial charge in [-0.25, -0.2) is 0 Å². The molecule has 1 unspecified atom stereocenters. The van der Waals surface area contributed by atoms with Crippen molar-refractivity contribution in [3.8, 4) is 5.75 Å². The van der Waals surface area contributed by atoms with E-state index in [2.05, 4.69) is 0 Å². The molecule has 88 valence electrons. The van der Waals surface area contributed by atoms with Crippen molar-refractivity contribution in [2.75, 3.05) is 6.61 Å². The Kier molecular flexibility index (Phi) is 4.37. The van der Waals surface area contributed by atoms with Gasteiger partial charge in [-0.2, -0.15) is 0 Å². The van der Waals surface area contributed by atoms with Crippen molar-refractivity contribution in [1.29, 1.82) is 0 Å². The van der Waals surface area contributed by atoms with E-state index in [9.17, 15) is 15.0 Å². The molecule has 6 nitrogen and oxygen atoms in total. The first-order chi connectivity index (χ1) is 7.44. The minimum absolute atomic E-state index is 0.0602. The predicted molar refractivity (Wildman–Crippen MR) is 61.9 cm³/mol. The molecule has 0 aliphatic carbocycles. The van der Waals surface area contributed by atoms with E-state index >= 15 is 0 Å². The maximum absolute atomic E-state index is 10.4. The minimum Gasteiger partial charge on any atom is -0.424 e. The SMILES string of the molecule is CCOP(O)(=S)Oc1ccc([N+](=O)[O-])cc1. The average Bonchev–Trinajstić information content (AvgIpc) is 2.17. The molecule has 1 atom stereocenters. The van der Waals surface area contributed by atoms with Crippen LogP contribution >= 0.6 is 6.72 Å². The third-order valence-corrected chi connectivity index (χ3v) is 3.13. The number of nitro benzene ring substituents is 1. The molecule has 0 spiro atoms. The largest absolute Gasteiger partial charge is 0.424 e. The molecule has 0 saturated carbocycles. The lowest BCUT2D eigenvalue weighted by atomic mass is 10.3. The monoisotopic (exact) mass is 263 g/mol. The summed E-state index contributed by atoms with van der Waals surface area (Å²) in [5.74, 6) is 0.241. The minimum atomic E-state index is -3.29. The molecule has 0 saturated heterocycles. The third-order valence-electron chi connectivity index (χ3n) is 1.56. The summed E-state index contributed by atoms with van der Waals surface area (Å²) in [6.45, 7) is -1.38. The molecule has 0 amide bonds. The lowest BCUT2D eigenvalue weighted by molar-refractivity contribution is -0.384. The lowest BCUT2D eigenvalue weighted by Gasteiger charge is -2.15. The van der Waals surface area contributed by atoms with Gasteiger partial charge in [-0.1, -0.05) is 0 Å². The third kappa shape index (κ3) is 3.86. The smallest absolute Gasteiger partial charge is 0.377 e. The lowest BCUT2D eigenvalue weighted by Crippen LogP contribution is -1.96. The average molecular weight is 263 g/mol. The van der Waals surface area contributed by atoms with Crippen LogP contribution in [-0.4, -0.2) is 16.4 Å². The quantitative estimate of drug-likeness (QED) is 0.498. The second kappa shape index (κ2) is 5.36. The van der Waals surface area contributed by atoms with Gasteiger partial charge in [0.15, 0.2) is 0 Å². The highest BCUT2D eigenvalue weighted by molar-refractivity contribution is 8.07. The number of hydrogen-bond acceptors (Lipinski definition) is 5. The van der Waals surface area contributed by atoms with Crippen LogP contribution in [0.4, 0.5) is 5.69 Å².